The van der Waals surface area contributed by atoms with Crippen molar-refractivity contribution in [1.29, 1.82) is 0 Å². The van der Waals surface area contributed by atoms with Gasteiger partial charge >= 0.3 is 12.1 Å². The van der Waals surface area contributed by atoms with E-state index in [0.29, 0.717) is 22.6 Å². The number of hydrazine groups is 1. The maximum atomic E-state index is 13.6. The molecule has 0 aliphatic heterocycles. The van der Waals surface area contributed by atoms with Gasteiger partial charge in [0.25, 0.3) is 0 Å². The third kappa shape index (κ3) is 8.77. The highest BCUT2D eigenvalue weighted by Crippen LogP contribution is 2.25. The lowest BCUT2D eigenvalue weighted by Crippen LogP contribution is -2.54. The lowest BCUT2D eigenvalue weighted by atomic mass is 10.1. The summed E-state index contributed by atoms with van der Waals surface area (Å²) < 4.78 is 55.6. The summed E-state index contributed by atoms with van der Waals surface area (Å²) in [5.41, 5.74) is 4.92. The molecule has 0 heterocycles. The number of rotatable bonds is 12. The molecule has 0 saturated carbocycles. The Balaban J connectivity index is 2.02. The number of ether oxygens (including phenoxy) is 3. The van der Waals surface area contributed by atoms with Gasteiger partial charge in [0.05, 0.1) is 34.2 Å². The Hall–Kier alpha value is -3.80. The topological polar surface area (TPSA) is 115 Å². The first-order valence-corrected chi connectivity index (χ1v) is 10.8. The summed E-state index contributed by atoms with van der Waals surface area (Å²) in [6.45, 7) is 0. The molecule has 0 aromatic heterocycles. The van der Waals surface area contributed by atoms with Gasteiger partial charge in [0.2, 0.25) is 11.8 Å². The van der Waals surface area contributed by atoms with Crippen molar-refractivity contribution in [2.75, 3.05) is 21.3 Å². The Morgan fingerprint density at radius 3 is 2.22 bits per heavy atom. The van der Waals surface area contributed by atoms with Crippen molar-refractivity contribution in [3.05, 3.63) is 59.7 Å². The van der Waals surface area contributed by atoms with Crippen LogP contribution in [0.3, 0.4) is 0 Å². The average Bonchev–Trinajstić information content (AvgIpc) is 2.85. The molecule has 2 atom stereocenters. The number of halogens is 3. The molecule has 2 aromatic carbocycles. The van der Waals surface area contributed by atoms with Gasteiger partial charge in [-0.2, -0.15) is 13.2 Å². The van der Waals surface area contributed by atoms with Crippen molar-refractivity contribution < 1.29 is 41.8 Å². The minimum absolute atomic E-state index is 0.0302. The van der Waals surface area contributed by atoms with Crippen molar-refractivity contribution in [2.24, 2.45) is 0 Å². The molecule has 0 radical (unpaired) electrons. The molecule has 0 spiro atoms. The van der Waals surface area contributed by atoms with Crippen molar-refractivity contribution >= 4 is 17.8 Å². The monoisotopic (exact) mass is 511 g/mol. The Labute approximate surface area is 206 Å². The van der Waals surface area contributed by atoms with E-state index in [4.69, 9.17) is 9.47 Å². The lowest BCUT2D eigenvalue weighted by Gasteiger charge is -2.23. The van der Waals surface area contributed by atoms with Crippen LogP contribution in [-0.2, 0) is 32.0 Å². The van der Waals surface area contributed by atoms with Gasteiger partial charge in [-0.15, -0.1) is 0 Å². The molecule has 3 N–H and O–H groups in total. The molecule has 2 amide bonds. The van der Waals surface area contributed by atoms with Crippen LogP contribution in [0.5, 0.6) is 11.5 Å². The van der Waals surface area contributed by atoms with Crippen LogP contribution in [0.25, 0.3) is 0 Å². The number of hydrogen-bond acceptors (Lipinski definition) is 7. The molecule has 196 valence electrons. The number of carbonyl (C=O) groups excluding carboxylic acids is 3. The van der Waals surface area contributed by atoms with Crippen LogP contribution in [0.1, 0.15) is 17.5 Å². The molecular formula is C24H28F3N3O6. The lowest BCUT2D eigenvalue weighted by molar-refractivity contribution is -0.165. The molecule has 0 saturated heterocycles. The summed E-state index contributed by atoms with van der Waals surface area (Å²) in [5, 5.41) is 2.28. The average molecular weight is 511 g/mol. The van der Waals surface area contributed by atoms with Crippen LogP contribution in [-0.4, -0.2) is 57.4 Å². The summed E-state index contributed by atoms with van der Waals surface area (Å²) in [7, 11) is 3.93. The number of carbonyl (C=O) groups is 3. The quantitative estimate of drug-likeness (QED) is 0.295. The first-order valence-electron chi connectivity index (χ1n) is 10.8. The SMILES string of the molecule is COC(=O)[C@H](Cc1ccccc1)NC(=O)CC(NNC(=O)Cc1cc(OC)ccc1OC)C(F)(F)F. The van der Waals surface area contributed by atoms with Gasteiger partial charge in [0, 0.05) is 12.0 Å². The number of hydrogen-bond donors (Lipinski definition) is 3. The van der Waals surface area contributed by atoms with Gasteiger partial charge in [0.15, 0.2) is 0 Å². The zero-order chi connectivity index (χ0) is 26.7. The molecule has 36 heavy (non-hydrogen) atoms. The molecule has 0 fully saturated rings. The highest BCUT2D eigenvalue weighted by atomic mass is 19.4. The summed E-state index contributed by atoms with van der Waals surface area (Å²) in [6.07, 6.45) is -6.25. The second-order valence-corrected chi connectivity index (χ2v) is 7.68. The van der Waals surface area contributed by atoms with E-state index in [-0.39, 0.29) is 12.8 Å². The predicted octanol–water partition coefficient (Wildman–Crippen LogP) is 2.09. The molecular weight excluding hydrogens is 483 g/mol. The normalized spacial score (nSPS) is 12.7. The zero-order valence-corrected chi connectivity index (χ0v) is 20.0. The van der Waals surface area contributed by atoms with Crippen LogP contribution in [0.4, 0.5) is 13.2 Å². The van der Waals surface area contributed by atoms with E-state index in [1.54, 1.807) is 42.5 Å². The Morgan fingerprint density at radius 2 is 1.64 bits per heavy atom. The van der Waals surface area contributed by atoms with Crippen LogP contribution in [0.15, 0.2) is 48.5 Å². The molecule has 0 bridgehead atoms. The Kier molecular flexibility index (Phi) is 10.5. The maximum absolute atomic E-state index is 13.6. The van der Waals surface area contributed by atoms with Crippen LogP contribution >= 0.6 is 0 Å². The molecule has 2 aromatic rings. The Morgan fingerprint density at radius 1 is 0.944 bits per heavy atom. The summed E-state index contributed by atoms with van der Waals surface area (Å²) in [6, 6.07) is 9.70. The number of amides is 2. The van der Waals surface area contributed by atoms with E-state index in [9.17, 15) is 27.6 Å². The second-order valence-electron chi connectivity index (χ2n) is 7.68. The summed E-state index contributed by atoms with van der Waals surface area (Å²) >= 11 is 0. The zero-order valence-electron chi connectivity index (χ0n) is 20.0. The molecule has 2 rings (SSSR count). The number of nitrogens with one attached hydrogen (secondary N) is 3. The van der Waals surface area contributed by atoms with Crippen molar-refractivity contribution in [3.63, 3.8) is 0 Å². The standard InChI is InChI=1S/C24H28F3N3O6/c1-34-17-9-10-19(35-2)16(12-17)13-22(32)30-29-20(24(25,26)27)14-21(31)28-18(23(33)36-3)11-15-7-5-4-6-8-15/h4-10,12,18,20,29H,11,13-14H2,1-3H3,(H,28,31)(H,30,32)/t18-,20?/m0/s1. The third-order valence-corrected chi connectivity index (χ3v) is 5.11. The van der Waals surface area contributed by atoms with E-state index in [1.807, 2.05) is 10.9 Å². The maximum Gasteiger partial charge on any atom is 0.406 e. The first-order chi connectivity index (χ1) is 17.1. The summed E-state index contributed by atoms with van der Waals surface area (Å²) in [4.78, 5) is 36.8. The number of benzene rings is 2. The second kappa shape index (κ2) is 13.3. The highest BCUT2D eigenvalue weighted by molar-refractivity contribution is 5.85. The number of esters is 1. The van der Waals surface area contributed by atoms with E-state index in [0.717, 1.165) is 7.11 Å². The predicted molar refractivity (Wildman–Crippen MR) is 123 cm³/mol. The van der Waals surface area contributed by atoms with Crippen molar-refractivity contribution in [3.8, 4) is 11.5 Å². The molecule has 0 aliphatic rings. The van der Waals surface area contributed by atoms with Gasteiger partial charge in [-0.25, -0.2) is 10.2 Å². The van der Waals surface area contributed by atoms with E-state index >= 15 is 0 Å². The fourth-order valence-corrected chi connectivity index (χ4v) is 3.28. The third-order valence-electron chi connectivity index (χ3n) is 5.11. The number of alkyl halides is 3. The van der Waals surface area contributed by atoms with E-state index in [2.05, 4.69) is 10.1 Å². The molecule has 9 nitrogen and oxygen atoms in total. The molecule has 0 aliphatic carbocycles. The van der Waals surface area contributed by atoms with Crippen molar-refractivity contribution in [2.45, 2.75) is 37.5 Å². The largest absolute Gasteiger partial charge is 0.497 e. The molecule has 12 heteroatoms. The van der Waals surface area contributed by atoms with Gasteiger partial charge in [-0.3, -0.25) is 15.0 Å². The fraction of sp³-hybridized carbons (Fsp3) is 0.375. The van der Waals surface area contributed by atoms with Crippen LogP contribution < -0.4 is 25.6 Å². The van der Waals surface area contributed by atoms with E-state index in [1.165, 1.54) is 20.3 Å². The fourth-order valence-electron chi connectivity index (χ4n) is 3.28. The van der Waals surface area contributed by atoms with Gasteiger partial charge in [0.1, 0.15) is 23.6 Å². The Bertz CT molecular complexity index is 1030. The highest BCUT2D eigenvalue weighted by Gasteiger charge is 2.41. The summed E-state index contributed by atoms with van der Waals surface area (Å²) in [5.74, 6) is -1.87. The van der Waals surface area contributed by atoms with Gasteiger partial charge in [-0.1, -0.05) is 30.3 Å². The first kappa shape index (κ1) is 28.4. The minimum Gasteiger partial charge on any atom is -0.497 e. The van der Waals surface area contributed by atoms with Gasteiger partial charge in [-0.05, 0) is 23.8 Å². The molecule has 1 unspecified atom stereocenters. The minimum atomic E-state index is -4.88. The van der Waals surface area contributed by atoms with Gasteiger partial charge < -0.3 is 19.5 Å². The van der Waals surface area contributed by atoms with Crippen molar-refractivity contribution in [1.82, 2.24) is 16.2 Å². The van der Waals surface area contributed by atoms with E-state index < -0.39 is 42.5 Å². The number of methoxy groups -OCH3 is 3. The smallest absolute Gasteiger partial charge is 0.406 e. The van der Waals surface area contributed by atoms with Crippen LogP contribution in [0, 0.1) is 0 Å². The van der Waals surface area contributed by atoms with Crippen LogP contribution in [0.2, 0.25) is 0 Å².